The lowest BCUT2D eigenvalue weighted by molar-refractivity contribution is -0.119. The Hall–Kier alpha value is -1.42. The number of hydrogen-bond acceptors (Lipinski definition) is 2. The van der Waals surface area contributed by atoms with E-state index >= 15 is 0 Å². The number of halogens is 1. The Kier molecular flexibility index (Phi) is 3.98. The van der Waals surface area contributed by atoms with Gasteiger partial charge in [0.2, 0.25) is 5.91 Å². The predicted octanol–water partition coefficient (Wildman–Crippen LogP) is 2.50. The minimum atomic E-state index is -0.171. The zero-order chi connectivity index (χ0) is 14.9. The first kappa shape index (κ1) is 14.5. The molecular weight excluding hydrogens is 267 g/mol. The second-order valence-corrected chi connectivity index (χ2v) is 6.72. The molecule has 21 heavy (non-hydrogen) atoms. The predicted molar refractivity (Wildman–Crippen MR) is 80.6 cm³/mol. The van der Waals surface area contributed by atoms with Gasteiger partial charge in [-0.05, 0) is 55.3 Å². The Labute approximate surface area is 125 Å². The number of amides is 1. The van der Waals surface area contributed by atoms with Crippen molar-refractivity contribution in [3.8, 4) is 0 Å². The SMILES string of the molecule is CC1(c2ccc(F)cc2)CC(NCCC2CCC(=O)N2)C1. The molecule has 4 heteroatoms. The van der Waals surface area contributed by atoms with E-state index in [-0.39, 0.29) is 17.1 Å². The van der Waals surface area contributed by atoms with Crippen LogP contribution in [-0.2, 0) is 10.2 Å². The maximum absolute atomic E-state index is 13.0. The molecule has 1 aromatic carbocycles. The van der Waals surface area contributed by atoms with Gasteiger partial charge in [-0.1, -0.05) is 19.1 Å². The average Bonchev–Trinajstić information content (AvgIpc) is 2.83. The van der Waals surface area contributed by atoms with Crippen molar-refractivity contribution >= 4 is 5.91 Å². The summed E-state index contributed by atoms with van der Waals surface area (Å²) < 4.78 is 13.0. The topological polar surface area (TPSA) is 41.1 Å². The highest BCUT2D eigenvalue weighted by Crippen LogP contribution is 2.43. The fourth-order valence-electron chi connectivity index (χ4n) is 3.62. The molecule has 1 saturated heterocycles. The second-order valence-electron chi connectivity index (χ2n) is 6.72. The number of nitrogens with one attached hydrogen (secondary N) is 2. The molecule has 114 valence electrons. The molecule has 3 nitrogen and oxygen atoms in total. The molecule has 3 rings (SSSR count). The molecule has 1 aromatic rings. The van der Waals surface area contributed by atoms with Gasteiger partial charge in [0.25, 0.3) is 0 Å². The van der Waals surface area contributed by atoms with Gasteiger partial charge in [0.05, 0.1) is 0 Å². The maximum atomic E-state index is 13.0. The van der Waals surface area contributed by atoms with Crippen LogP contribution in [0.15, 0.2) is 24.3 Å². The van der Waals surface area contributed by atoms with E-state index in [1.54, 1.807) is 12.1 Å². The number of benzene rings is 1. The Balaban J connectivity index is 1.41. The highest BCUT2D eigenvalue weighted by atomic mass is 19.1. The first-order valence-corrected chi connectivity index (χ1v) is 7.84. The summed E-state index contributed by atoms with van der Waals surface area (Å²) in [5.41, 5.74) is 1.40. The zero-order valence-corrected chi connectivity index (χ0v) is 12.5. The molecule has 2 aliphatic rings. The van der Waals surface area contributed by atoms with Crippen LogP contribution >= 0.6 is 0 Å². The highest BCUT2D eigenvalue weighted by Gasteiger charge is 2.41. The van der Waals surface area contributed by atoms with Gasteiger partial charge in [0.1, 0.15) is 5.82 Å². The molecule has 2 fully saturated rings. The molecular formula is C17H23FN2O. The molecule has 0 radical (unpaired) electrons. The van der Waals surface area contributed by atoms with E-state index in [2.05, 4.69) is 17.6 Å². The van der Waals surface area contributed by atoms with E-state index in [0.717, 1.165) is 32.2 Å². The standard InChI is InChI=1S/C17H23FN2O/c1-17(12-2-4-13(18)5-3-12)10-15(11-17)19-9-8-14-6-7-16(21)20-14/h2-5,14-15,19H,6-11H2,1H3,(H,20,21). The average molecular weight is 290 g/mol. The molecule has 0 spiro atoms. The van der Waals surface area contributed by atoms with E-state index < -0.39 is 0 Å². The largest absolute Gasteiger partial charge is 0.353 e. The molecule has 1 saturated carbocycles. The van der Waals surface area contributed by atoms with Crippen molar-refractivity contribution in [3.63, 3.8) is 0 Å². The van der Waals surface area contributed by atoms with Crippen LogP contribution in [0.25, 0.3) is 0 Å². The van der Waals surface area contributed by atoms with Crippen molar-refractivity contribution in [3.05, 3.63) is 35.6 Å². The summed E-state index contributed by atoms with van der Waals surface area (Å²) in [6.07, 6.45) is 4.84. The third kappa shape index (κ3) is 3.26. The van der Waals surface area contributed by atoms with Crippen molar-refractivity contribution in [2.24, 2.45) is 0 Å². The lowest BCUT2D eigenvalue weighted by atomic mass is 9.63. The lowest BCUT2D eigenvalue weighted by Gasteiger charge is -2.46. The summed E-state index contributed by atoms with van der Waals surface area (Å²) in [6, 6.07) is 7.79. The van der Waals surface area contributed by atoms with E-state index in [9.17, 15) is 9.18 Å². The number of carbonyl (C=O) groups excluding carboxylic acids is 1. The normalized spacial score (nSPS) is 31.8. The van der Waals surface area contributed by atoms with Crippen molar-refractivity contribution in [2.45, 2.75) is 56.5 Å². The van der Waals surface area contributed by atoms with Gasteiger partial charge in [-0.25, -0.2) is 4.39 Å². The Morgan fingerprint density at radius 1 is 1.33 bits per heavy atom. The van der Waals surface area contributed by atoms with Gasteiger partial charge in [-0.2, -0.15) is 0 Å². The molecule has 1 aliphatic heterocycles. The van der Waals surface area contributed by atoms with E-state index in [1.807, 2.05) is 12.1 Å². The molecule has 0 aromatic heterocycles. The van der Waals surface area contributed by atoms with E-state index in [1.165, 1.54) is 5.56 Å². The van der Waals surface area contributed by atoms with E-state index in [0.29, 0.717) is 18.5 Å². The minimum absolute atomic E-state index is 0.171. The number of hydrogen-bond donors (Lipinski definition) is 2. The fraction of sp³-hybridized carbons (Fsp3) is 0.588. The van der Waals surface area contributed by atoms with Crippen LogP contribution in [-0.4, -0.2) is 24.5 Å². The van der Waals surface area contributed by atoms with Crippen molar-refractivity contribution in [1.29, 1.82) is 0 Å². The summed E-state index contributed by atoms with van der Waals surface area (Å²) >= 11 is 0. The molecule has 1 amide bonds. The molecule has 2 N–H and O–H groups in total. The van der Waals surface area contributed by atoms with Crippen LogP contribution in [0.3, 0.4) is 0 Å². The van der Waals surface area contributed by atoms with Gasteiger partial charge in [-0.3, -0.25) is 4.79 Å². The third-order valence-corrected chi connectivity index (χ3v) is 4.95. The van der Waals surface area contributed by atoms with Gasteiger partial charge in [-0.15, -0.1) is 0 Å². The lowest BCUT2D eigenvalue weighted by Crippen LogP contribution is -2.50. The highest BCUT2D eigenvalue weighted by molar-refractivity contribution is 5.78. The summed E-state index contributed by atoms with van der Waals surface area (Å²) in [7, 11) is 0. The number of carbonyl (C=O) groups is 1. The van der Waals surface area contributed by atoms with Gasteiger partial charge in [0.15, 0.2) is 0 Å². The van der Waals surface area contributed by atoms with Crippen molar-refractivity contribution < 1.29 is 9.18 Å². The Morgan fingerprint density at radius 3 is 2.67 bits per heavy atom. The first-order chi connectivity index (χ1) is 10.0. The van der Waals surface area contributed by atoms with Crippen LogP contribution in [0.4, 0.5) is 4.39 Å². The second kappa shape index (κ2) is 5.76. The molecule has 1 unspecified atom stereocenters. The minimum Gasteiger partial charge on any atom is -0.353 e. The van der Waals surface area contributed by atoms with Crippen molar-refractivity contribution in [2.75, 3.05) is 6.54 Å². The monoisotopic (exact) mass is 290 g/mol. The first-order valence-electron chi connectivity index (χ1n) is 7.84. The third-order valence-electron chi connectivity index (χ3n) is 4.95. The van der Waals surface area contributed by atoms with Gasteiger partial charge < -0.3 is 10.6 Å². The summed E-state index contributed by atoms with van der Waals surface area (Å²) in [4.78, 5) is 11.1. The Morgan fingerprint density at radius 2 is 2.05 bits per heavy atom. The van der Waals surface area contributed by atoms with E-state index in [4.69, 9.17) is 0 Å². The zero-order valence-electron chi connectivity index (χ0n) is 12.5. The summed E-state index contributed by atoms with van der Waals surface area (Å²) in [5, 5.41) is 6.57. The Bertz CT molecular complexity index is 508. The van der Waals surface area contributed by atoms with Crippen LogP contribution in [0, 0.1) is 5.82 Å². The molecule has 1 atom stereocenters. The smallest absolute Gasteiger partial charge is 0.220 e. The molecule has 1 heterocycles. The van der Waals surface area contributed by atoms with Crippen LogP contribution in [0.1, 0.15) is 44.6 Å². The molecule has 1 aliphatic carbocycles. The maximum Gasteiger partial charge on any atom is 0.220 e. The molecule has 0 bridgehead atoms. The van der Waals surface area contributed by atoms with Crippen molar-refractivity contribution in [1.82, 2.24) is 10.6 Å². The fourth-order valence-corrected chi connectivity index (χ4v) is 3.62. The van der Waals surface area contributed by atoms with Crippen LogP contribution in [0.5, 0.6) is 0 Å². The van der Waals surface area contributed by atoms with Gasteiger partial charge >= 0.3 is 0 Å². The van der Waals surface area contributed by atoms with Crippen LogP contribution < -0.4 is 10.6 Å². The number of rotatable bonds is 5. The van der Waals surface area contributed by atoms with Crippen LogP contribution in [0.2, 0.25) is 0 Å². The quantitative estimate of drug-likeness (QED) is 0.875. The summed E-state index contributed by atoms with van der Waals surface area (Å²) in [6.45, 7) is 3.20. The van der Waals surface area contributed by atoms with Gasteiger partial charge in [0, 0.05) is 18.5 Å². The summed E-state index contributed by atoms with van der Waals surface area (Å²) in [5.74, 6) is 0.0162.